The van der Waals surface area contributed by atoms with E-state index in [1.807, 2.05) is 39.0 Å². The molecule has 2 unspecified atom stereocenters. The highest BCUT2D eigenvalue weighted by Gasteiger charge is 2.37. The highest BCUT2D eigenvalue weighted by molar-refractivity contribution is 5.99. The molecule has 2 atom stereocenters. The number of hydrogen-bond acceptors (Lipinski definition) is 6. The summed E-state index contributed by atoms with van der Waals surface area (Å²) in [6, 6.07) is 17.2. The molecule has 0 radical (unpaired) electrons. The van der Waals surface area contributed by atoms with Gasteiger partial charge in [-0.2, -0.15) is 0 Å². The fourth-order valence-electron chi connectivity index (χ4n) is 4.72. The molecule has 3 N–H and O–H groups in total. The molecule has 0 saturated carbocycles. The minimum Gasteiger partial charge on any atom is -0.508 e. The van der Waals surface area contributed by atoms with Gasteiger partial charge in [0.2, 0.25) is 5.91 Å². The van der Waals surface area contributed by atoms with Gasteiger partial charge in [0.05, 0.1) is 7.11 Å². The lowest BCUT2D eigenvalue weighted by Gasteiger charge is -2.35. The number of rotatable bonds is 11. The van der Waals surface area contributed by atoms with Crippen LogP contribution in [0.4, 0.5) is 10.5 Å². The van der Waals surface area contributed by atoms with E-state index >= 15 is 0 Å². The molecule has 0 saturated heterocycles. The molecule has 0 aromatic heterocycles. The highest BCUT2D eigenvalue weighted by Crippen LogP contribution is 2.29. The van der Waals surface area contributed by atoms with Gasteiger partial charge in [-0.25, -0.2) is 4.79 Å². The van der Waals surface area contributed by atoms with Crippen molar-refractivity contribution in [2.45, 2.75) is 72.1 Å². The maximum absolute atomic E-state index is 14.5. The van der Waals surface area contributed by atoms with Gasteiger partial charge < -0.3 is 30.1 Å². The van der Waals surface area contributed by atoms with E-state index < -0.39 is 29.7 Å². The minimum atomic E-state index is -1.05. The summed E-state index contributed by atoms with van der Waals surface area (Å²) in [4.78, 5) is 43.0. The second-order valence-electron chi connectivity index (χ2n) is 11.6. The maximum Gasteiger partial charge on any atom is 0.408 e. The van der Waals surface area contributed by atoms with E-state index in [-0.39, 0.29) is 24.6 Å². The Morgan fingerprint density at radius 1 is 0.953 bits per heavy atom. The summed E-state index contributed by atoms with van der Waals surface area (Å²) in [6.45, 7) is 11.3. The number of benzene rings is 3. The van der Waals surface area contributed by atoms with Gasteiger partial charge in [-0.1, -0.05) is 42.8 Å². The normalized spacial score (nSPS) is 12.5. The molecular weight excluding hydrogens is 546 g/mol. The number of phenolic OH excluding ortho intramolecular Hbond substituents is 1. The first-order valence-corrected chi connectivity index (χ1v) is 14.4. The lowest BCUT2D eigenvalue weighted by molar-refractivity contribution is -0.140. The van der Waals surface area contributed by atoms with Crippen LogP contribution in [0.2, 0.25) is 0 Å². The van der Waals surface area contributed by atoms with Crippen LogP contribution in [0.15, 0.2) is 66.7 Å². The average molecular weight is 590 g/mol. The van der Waals surface area contributed by atoms with Crippen LogP contribution in [-0.2, 0) is 20.7 Å². The topological polar surface area (TPSA) is 117 Å². The molecule has 9 nitrogen and oxygen atoms in total. The maximum atomic E-state index is 14.5. The number of amides is 3. The first-order valence-electron chi connectivity index (χ1n) is 14.4. The van der Waals surface area contributed by atoms with Crippen molar-refractivity contribution in [3.63, 3.8) is 0 Å². The Balaban J connectivity index is 2.07. The third-order valence-corrected chi connectivity index (χ3v) is 6.76. The summed E-state index contributed by atoms with van der Waals surface area (Å²) < 4.78 is 10.7. The number of methoxy groups -OCH3 is 1. The molecule has 0 aliphatic carbocycles. The predicted molar refractivity (Wildman–Crippen MR) is 167 cm³/mol. The van der Waals surface area contributed by atoms with Crippen molar-refractivity contribution < 1.29 is 29.0 Å². The SMILES string of the molecule is CCCN(C(=O)C(Cc1ccc(O)cc1)NC(=O)OC(C)(C)C)C(C(=O)Nc1ccc(OC)cc1)c1cc(C)ccc1C. The number of aromatic hydroxyl groups is 1. The zero-order valence-electron chi connectivity index (χ0n) is 26.1. The largest absolute Gasteiger partial charge is 0.508 e. The quantitative estimate of drug-likeness (QED) is 0.250. The van der Waals surface area contributed by atoms with Crippen LogP contribution in [0.5, 0.6) is 11.5 Å². The van der Waals surface area contributed by atoms with Crippen molar-refractivity contribution in [3.05, 3.63) is 89.0 Å². The van der Waals surface area contributed by atoms with Crippen molar-refractivity contribution in [2.24, 2.45) is 0 Å². The van der Waals surface area contributed by atoms with Gasteiger partial charge in [0.15, 0.2) is 0 Å². The summed E-state index contributed by atoms with van der Waals surface area (Å²) >= 11 is 0. The molecule has 0 aliphatic rings. The predicted octanol–water partition coefficient (Wildman–Crippen LogP) is 6.07. The van der Waals surface area contributed by atoms with Crippen LogP contribution in [0.3, 0.4) is 0 Å². The van der Waals surface area contributed by atoms with Crippen molar-refractivity contribution in [3.8, 4) is 11.5 Å². The van der Waals surface area contributed by atoms with Crippen LogP contribution < -0.4 is 15.4 Å². The van der Waals surface area contributed by atoms with E-state index in [1.54, 1.807) is 64.3 Å². The second-order valence-corrected chi connectivity index (χ2v) is 11.6. The number of alkyl carbamates (subject to hydrolysis) is 1. The molecule has 0 spiro atoms. The molecular formula is C34H43N3O6. The highest BCUT2D eigenvalue weighted by atomic mass is 16.6. The van der Waals surface area contributed by atoms with Gasteiger partial charge in [0.1, 0.15) is 29.2 Å². The minimum absolute atomic E-state index is 0.0875. The van der Waals surface area contributed by atoms with Gasteiger partial charge in [-0.15, -0.1) is 0 Å². The summed E-state index contributed by atoms with van der Waals surface area (Å²) in [5.74, 6) is -0.0837. The Kier molecular flexibility index (Phi) is 11.2. The monoisotopic (exact) mass is 589 g/mol. The van der Waals surface area contributed by atoms with Gasteiger partial charge in [0.25, 0.3) is 5.91 Å². The Bertz CT molecular complexity index is 1400. The number of carbonyl (C=O) groups is 3. The first-order chi connectivity index (χ1) is 20.3. The number of anilines is 1. The average Bonchev–Trinajstić information content (AvgIpc) is 2.94. The molecule has 0 bridgehead atoms. The fraction of sp³-hybridized carbons (Fsp3) is 0.382. The molecule has 9 heteroatoms. The van der Waals surface area contributed by atoms with Gasteiger partial charge in [-0.3, -0.25) is 9.59 Å². The third-order valence-electron chi connectivity index (χ3n) is 6.76. The number of hydrogen-bond donors (Lipinski definition) is 3. The third kappa shape index (κ3) is 9.49. The zero-order chi connectivity index (χ0) is 31.7. The van der Waals surface area contributed by atoms with Gasteiger partial charge in [-0.05, 0) is 94.1 Å². The van der Waals surface area contributed by atoms with Gasteiger partial charge >= 0.3 is 6.09 Å². The van der Waals surface area contributed by atoms with Gasteiger partial charge in [0, 0.05) is 18.7 Å². The van der Waals surface area contributed by atoms with Crippen molar-refractivity contribution >= 4 is 23.6 Å². The number of aryl methyl sites for hydroxylation is 2. The molecule has 43 heavy (non-hydrogen) atoms. The number of nitrogens with zero attached hydrogens (tertiary/aromatic N) is 1. The summed E-state index contributed by atoms with van der Waals surface area (Å²) in [5, 5.41) is 15.5. The smallest absolute Gasteiger partial charge is 0.408 e. The standard InChI is InChI=1S/C34H43N3O6/c1-8-19-37(32(40)29(36-33(41)43-34(4,5)6)21-24-11-15-26(38)16-12-24)30(28-20-22(2)9-10-23(28)3)31(39)35-25-13-17-27(42-7)18-14-25/h9-18,20,29-30,38H,8,19,21H2,1-7H3,(H,35,39)(H,36,41). The molecule has 0 heterocycles. The molecule has 3 aromatic rings. The van der Waals surface area contributed by atoms with Crippen molar-refractivity contribution in [1.29, 1.82) is 0 Å². The van der Waals surface area contributed by atoms with E-state index in [2.05, 4.69) is 10.6 Å². The van der Waals surface area contributed by atoms with E-state index in [9.17, 15) is 19.5 Å². The second kappa shape index (κ2) is 14.6. The Labute approximate surface area is 254 Å². The van der Waals surface area contributed by atoms with Crippen LogP contribution in [0.1, 0.15) is 62.4 Å². The van der Waals surface area contributed by atoms with Crippen molar-refractivity contribution in [1.82, 2.24) is 10.2 Å². The number of nitrogens with one attached hydrogen (secondary N) is 2. The fourth-order valence-corrected chi connectivity index (χ4v) is 4.72. The number of carbonyl (C=O) groups excluding carboxylic acids is 3. The number of phenols is 1. The molecule has 230 valence electrons. The van der Waals surface area contributed by atoms with Crippen molar-refractivity contribution in [2.75, 3.05) is 19.0 Å². The van der Waals surface area contributed by atoms with Crippen LogP contribution >= 0.6 is 0 Å². The van der Waals surface area contributed by atoms with Crippen LogP contribution in [0.25, 0.3) is 0 Å². The molecule has 0 aliphatic heterocycles. The van der Waals surface area contributed by atoms with E-state index in [4.69, 9.17) is 9.47 Å². The lowest BCUT2D eigenvalue weighted by atomic mass is 9.95. The molecule has 3 aromatic carbocycles. The number of ether oxygens (including phenoxy) is 2. The Morgan fingerprint density at radius 3 is 2.19 bits per heavy atom. The zero-order valence-corrected chi connectivity index (χ0v) is 26.1. The van der Waals surface area contributed by atoms with Crippen LogP contribution in [-0.4, -0.2) is 53.2 Å². The Morgan fingerprint density at radius 2 is 1.60 bits per heavy atom. The summed E-state index contributed by atoms with van der Waals surface area (Å²) in [5.41, 5.74) is 2.98. The van der Waals surface area contributed by atoms with E-state index in [1.165, 1.54) is 17.0 Å². The lowest BCUT2D eigenvalue weighted by Crippen LogP contribution is -2.53. The first kappa shape index (κ1) is 33.0. The molecule has 3 rings (SSSR count). The van der Waals surface area contributed by atoms with E-state index in [0.29, 0.717) is 23.4 Å². The summed E-state index contributed by atoms with van der Waals surface area (Å²) in [7, 11) is 1.57. The molecule has 3 amide bonds. The Hall–Kier alpha value is -4.53. The summed E-state index contributed by atoms with van der Waals surface area (Å²) in [6.07, 6.45) is -0.0496. The van der Waals surface area contributed by atoms with Crippen LogP contribution in [0, 0.1) is 13.8 Å². The molecule has 0 fully saturated rings. The van der Waals surface area contributed by atoms with E-state index in [0.717, 1.165) is 16.7 Å².